The number of anilines is 2. The Labute approximate surface area is 158 Å². The highest BCUT2D eigenvalue weighted by Gasteiger charge is 2.35. The van der Waals surface area contributed by atoms with E-state index in [2.05, 4.69) is 15.7 Å². The third-order valence-corrected chi connectivity index (χ3v) is 5.60. The summed E-state index contributed by atoms with van der Waals surface area (Å²) in [7, 11) is 1.58. The fourth-order valence-electron chi connectivity index (χ4n) is 3.05. The van der Waals surface area contributed by atoms with Crippen LogP contribution in [0.3, 0.4) is 0 Å². The molecule has 1 aliphatic heterocycles. The summed E-state index contributed by atoms with van der Waals surface area (Å²) >= 11 is 1.57. The number of nitrogens with one attached hydrogen (secondary N) is 1. The molecule has 1 saturated heterocycles. The summed E-state index contributed by atoms with van der Waals surface area (Å²) < 4.78 is 5.35. The molecule has 2 aromatic rings. The van der Waals surface area contributed by atoms with E-state index in [1.54, 1.807) is 18.4 Å². The molecule has 2 aromatic heterocycles. The van der Waals surface area contributed by atoms with Crippen LogP contribution < -0.4 is 5.32 Å². The van der Waals surface area contributed by atoms with Crippen LogP contribution in [0.4, 0.5) is 10.9 Å². The summed E-state index contributed by atoms with van der Waals surface area (Å²) in [6.07, 6.45) is 3.86. The first-order valence-electron chi connectivity index (χ1n) is 8.88. The second-order valence-electron chi connectivity index (χ2n) is 7.23. The number of ether oxygens (including phenoxy) is 1. The van der Waals surface area contributed by atoms with Crippen LogP contribution in [-0.2, 0) is 9.53 Å². The molecule has 6 nitrogen and oxygen atoms in total. The number of likely N-dealkylation sites (tertiary alicyclic amines) is 1. The van der Waals surface area contributed by atoms with Gasteiger partial charge in [0.1, 0.15) is 11.4 Å². The normalized spacial score (nSPS) is 18.0. The number of methoxy groups -OCH3 is 1. The number of hydrogen-bond acceptors (Lipinski definition) is 6. The van der Waals surface area contributed by atoms with Crippen molar-refractivity contribution in [2.24, 2.45) is 0 Å². The SMILES string of the molecule is COC(C)(C)C(=O)N1CCC[C@@H](c2csc(Nc3ccc(C)cn3)n2)C1. The van der Waals surface area contributed by atoms with Gasteiger partial charge in [-0.3, -0.25) is 4.79 Å². The molecule has 0 radical (unpaired) electrons. The molecule has 0 spiro atoms. The van der Waals surface area contributed by atoms with Crippen LogP contribution in [0, 0.1) is 6.92 Å². The summed E-state index contributed by atoms with van der Waals surface area (Å²) in [5, 5.41) is 6.16. The molecule has 1 atom stereocenters. The molecular weight excluding hydrogens is 348 g/mol. The highest BCUT2D eigenvalue weighted by Crippen LogP contribution is 2.31. The number of carbonyl (C=O) groups excluding carboxylic acids is 1. The third-order valence-electron chi connectivity index (χ3n) is 4.82. The van der Waals surface area contributed by atoms with E-state index in [-0.39, 0.29) is 11.8 Å². The number of aromatic nitrogens is 2. The number of thiazole rings is 1. The minimum absolute atomic E-state index is 0.0436. The number of rotatable bonds is 5. The van der Waals surface area contributed by atoms with Gasteiger partial charge in [-0.25, -0.2) is 9.97 Å². The van der Waals surface area contributed by atoms with Crippen LogP contribution in [-0.4, -0.2) is 46.6 Å². The van der Waals surface area contributed by atoms with Crippen molar-refractivity contribution in [2.75, 3.05) is 25.5 Å². The van der Waals surface area contributed by atoms with Crippen LogP contribution >= 0.6 is 11.3 Å². The summed E-state index contributed by atoms with van der Waals surface area (Å²) in [5.74, 6) is 1.10. The average molecular weight is 375 g/mol. The lowest BCUT2D eigenvalue weighted by molar-refractivity contribution is -0.152. The smallest absolute Gasteiger partial charge is 0.254 e. The van der Waals surface area contributed by atoms with Crippen LogP contribution in [0.2, 0.25) is 0 Å². The maximum Gasteiger partial charge on any atom is 0.254 e. The fourth-order valence-corrected chi connectivity index (χ4v) is 3.85. The van der Waals surface area contributed by atoms with Crippen molar-refractivity contribution < 1.29 is 9.53 Å². The van der Waals surface area contributed by atoms with E-state index in [4.69, 9.17) is 9.72 Å². The van der Waals surface area contributed by atoms with Gasteiger partial charge in [0.15, 0.2) is 5.13 Å². The van der Waals surface area contributed by atoms with Crippen molar-refractivity contribution in [2.45, 2.75) is 45.1 Å². The Balaban J connectivity index is 1.66. The number of aryl methyl sites for hydroxylation is 1. The average Bonchev–Trinajstić information content (AvgIpc) is 3.11. The summed E-state index contributed by atoms with van der Waals surface area (Å²) in [6, 6.07) is 3.97. The highest BCUT2D eigenvalue weighted by atomic mass is 32.1. The van der Waals surface area contributed by atoms with E-state index < -0.39 is 5.60 Å². The van der Waals surface area contributed by atoms with Crippen molar-refractivity contribution in [3.05, 3.63) is 35.0 Å². The number of carbonyl (C=O) groups is 1. The molecule has 140 valence electrons. The quantitative estimate of drug-likeness (QED) is 0.864. The second kappa shape index (κ2) is 7.72. The topological polar surface area (TPSA) is 67.3 Å². The monoisotopic (exact) mass is 374 g/mol. The van der Waals surface area contributed by atoms with E-state index in [1.807, 2.05) is 44.0 Å². The first-order valence-corrected chi connectivity index (χ1v) is 9.76. The number of hydrogen-bond donors (Lipinski definition) is 1. The summed E-state index contributed by atoms with van der Waals surface area (Å²) in [6.45, 7) is 7.12. The Bertz CT molecular complexity index is 757. The molecule has 0 saturated carbocycles. The molecule has 1 amide bonds. The summed E-state index contributed by atoms with van der Waals surface area (Å²) in [4.78, 5) is 23.7. The van der Waals surface area contributed by atoms with E-state index in [1.165, 1.54) is 0 Å². The number of piperidine rings is 1. The van der Waals surface area contributed by atoms with E-state index in [9.17, 15) is 4.79 Å². The van der Waals surface area contributed by atoms with Gasteiger partial charge in [-0.1, -0.05) is 6.07 Å². The van der Waals surface area contributed by atoms with Crippen LogP contribution in [0.25, 0.3) is 0 Å². The minimum Gasteiger partial charge on any atom is -0.369 e. The Kier molecular flexibility index (Phi) is 5.58. The van der Waals surface area contributed by atoms with Crippen molar-refractivity contribution in [1.29, 1.82) is 0 Å². The van der Waals surface area contributed by atoms with Crippen molar-refractivity contribution in [1.82, 2.24) is 14.9 Å². The van der Waals surface area contributed by atoms with Crippen molar-refractivity contribution in [3.63, 3.8) is 0 Å². The third kappa shape index (κ3) is 4.22. The van der Waals surface area contributed by atoms with Crippen LogP contribution in [0.15, 0.2) is 23.7 Å². The lowest BCUT2D eigenvalue weighted by Crippen LogP contribution is -2.49. The van der Waals surface area contributed by atoms with Gasteiger partial charge in [-0.15, -0.1) is 11.3 Å². The maximum atomic E-state index is 12.7. The standard InChI is InChI=1S/C19H26N4O2S/c1-13-7-8-16(20-10-13)22-18-21-15(12-26-18)14-6-5-9-23(11-14)17(24)19(2,3)25-4/h7-8,10,12,14H,5-6,9,11H2,1-4H3,(H,20,21,22)/t14-/m1/s1. The van der Waals surface area contributed by atoms with E-state index in [0.29, 0.717) is 6.54 Å². The lowest BCUT2D eigenvalue weighted by Gasteiger charge is -2.36. The Morgan fingerprint density at radius 1 is 1.42 bits per heavy atom. The van der Waals surface area contributed by atoms with E-state index >= 15 is 0 Å². The van der Waals surface area contributed by atoms with Gasteiger partial charge in [-0.05, 0) is 45.2 Å². The number of amides is 1. The zero-order chi connectivity index (χ0) is 18.7. The minimum atomic E-state index is -0.784. The van der Waals surface area contributed by atoms with Gasteiger partial charge < -0.3 is 15.0 Å². The van der Waals surface area contributed by atoms with Gasteiger partial charge >= 0.3 is 0 Å². The Morgan fingerprint density at radius 2 is 2.23 bits per heavy atom. The van der Waals surface area contributed by atoms with Gasteiger partial charge in [0.2, 0.25) is 0 Å². The Morgan fingerprint density at radius 3 is 2.92 bits per heavy atom. The molecule has 7 heteroatoms. The molecule has 1 N–H and O–H groups in total. The fraction of sp³-hybridized carbons (Fsp3) is 0.526. The molecule has 0 bridgehead atoms. The largest absolute Gasteiger partial charge is 0.369 e. The first kappa shape index (κ1) is 18.8. The maximum absolute atomic E-state index is 12.7. The summed E-state index contributed by atoms with van der Waals surface area (Å²) in [5.41, 5.74) is 1.38. The molecule has 0 unspecified atom stereocenters. The Hall–Kier alpha value is -1.99. The number of pyridine rings is 1. The molecule has 1 aliphatic rings. The van der Waals surface area contributed by atoms with Gasteiger partial charge in [0.05, 0.1) is 5.69 Å². The molecule has 1 fully saturated rings. The zero-order valence-corrected chi connectivity index (χ0v) is 16.6. The van der Waals surface area contributed by atoms with Gasteiger partial charge in [0, 0.05) is 37.7 Å². The second-order valence-corrected chi connectivity index (χ2v) is 8.09. The zero-order valence-electron chi connectivity index (χ0n) is 15.8. The predicted molar refractivity (Wildman–Crippen MR) is 104 cm³/mol. The van der Waals surface area contributed by atoms with Crippen LogP contribution in [0.5, 0.6) is 0 Å². The molecular formula is C19H26N4O2S. The molecule has 3 heterocycles. The molecule has 3 rings (SSSR count). The van der Waals surface area contributed by atoms with Gasteiger partial charge in [0.25, 0.3) is 5.91 Å². The first-order chi connectivity index (χ1) is 12.4. The predicted octanol–water partition coefficient (Wildman–Crippen LogP) is 3.72. The van der Waals surface area contributed by atoms with E-state index in [0.717, 1.165) is 41.6 Å². The van der Waals surface area contributed by atoms with Gasteiger partial charge in [-0.2, -0.15) is 0 Å². The highest BCUT2D eigenvalue weighted by molar-refractivity contribution is 7.13. The molecule has 0 aromatic carbocycles. The van der Waals surface area contributed by atoms with Crippen LogP contribution in [0.1, 0.15) is 43.9 Å². The number of nitrogens with zero attached hydrogens (tertiary/aromatic N) is 3. The van der Waals surface area contributed by atoms with Crippen molar-refractivity contribution >= 4 is 28.2 Å². The lowest BCUT2D eigenvalue weighted by atomic mass is 9.94. The molecule has 0 aliphatic carbocycles. The van der Waals surface area contributed by atoms with Crippen molar-refractivity contribution in [3.8, 4) is 0 Å². The molecule has 26 heavy (non-hydrogen) atoms.